The number of nitrogens with zero attached hydrogens (tertiary/aromatic N) is 1. The smallest absolute Gasteiger partial charge is 0.0618 e. The van der Waals surface area contributed by atoms with Crippen molar-refractivity contribution in [2.24, 2.45) is 5.73 Å². The molecule has 19 heavy (non-hydrogen) atoms. The van der Waals surface area contributed by atoms with Crippen LogP contribution >= 0.6 is 0 Å². The van der Waals surface area contributed by atoms with E-state index < -0.39 is 0 Å². The van der Waals surface area contributed by atoms with Crippen molar-refractivity contribution in [1.29, 1.82) is 0 Å². The molecule has 2 N–H and O–H groups in total. The van der Waals surface area contributed by atoms with E-state index in [1.807, 2.05) is 0 Å². The van der Waals surface area contributed by atoms with Crippen molar-refractivity contribution < 1.29 is 4.74 Å². The summed E-state index contributed by atoms with van der Waals surface area (Å²) < 4.78 is 5.40. The molecule has 0 saturated heterocycles. The summed E-state index contributed by atoms with van der Waals surface area (Å²) in [6, 6.07) is 9.33. The average Bonchev–Trinajstić information content (AvgIpc) is 2.65. The van der Waals surface area contributed by atoms with Crippen molar-refractivity contribution >= 4 is 0 Å². The van der Waals surface area contributed by atoms with E-state index >= 15 is 0 Å². The first-order chi connectivity index (χ1) is 9.35. The second kappa shape index (κ2) is 7.63. The van der Waals surface area contributed by atoms with Crippen LogP contribution in [0.4, 0.5) is 0 Å². The van der Waals surface area contributed by atoms with Gasteiger partial charge in [0.2, 0.25) is 0 Å². The van der Waals surface area contributed by atoms with Crippen LogP contribution in [0.15, 0.2) is 24.3 Å². The van der Waals surface area contributed by atoms with Crippen molar-refractivity contribution in [3.05, 3.63) is 35.4 Å². The molecule has 2 rings (SSSR count). The summed E-state index contributed by atoms with van der Waals surface area (Å²) in [5.74, 6) is 0. The number of rotatable bonds is 6. The molecule has 0 spiro atoms. The first kappa shape index (κ1) is 14.5. The normalized spacial score (nSPS) is 17.8. The predicted octanol–water partition coefficient (Wildman–Crippen LogP) is 2.19. The summed E-state index contributed by atoms with van der Waals surface area (Å²) in [6.07, 6.45) is 4.64. The maximum absolute atomic E-state index is 5.65. The Bertz CT molecular complexity index is 381. The lowest BCUT2D eigenvalue weighted by Crippen LogP contribution is -2.38. The van der Waals surface area contributed by atoms with Crippen molar-refractivity contribution in [3.63, 3.8) is 0 Å². The van der Waals surface area contributed by atoms with Gasteiger partial charge in [0.25, 0.3) is 0 Å². The summed E-state index contributed by atoms with van der Waals surface area (Å²) in [7, 11) is 1.79. The minimum absolute atomic E-state index is 0.500. The maximum atomic E-state index is 5.65. The summed E-state index contributed by atoms with van der Waals surface area (Å²) in [5, 5.41) is 0. The minimum Gasteiger partial charge on any atom is -0.383 e. The monoisotopic (exact) mass is 262 g/mol. The first-order valence-electron chi connectivity index (χ1n) is 7.35. The van der Waals surface area contributed by atoms with E-state index in [4.69, 9.17) is 10.5 Å². The zero-order valence-electron chi connectivity index (χ0n) is 12.0. The standard InChI is InChI=1S/C16H26N2O/c1-19-13-16(9-4-10-17)18-11-5-8-14-6-2-3-7-15(14)12-18/h2-3,6-7,16H,4-5,8-13,17H2,1H3. The fourth-order valence-electron chi connectivity index (χ4n) is 2.95. The van der Waals surface area contributed by atoms with Crippen molar-refractivity contribution in [2.75, 3.05) is 26.8 Å². The number of hydrogen-bond acceptors (Lipinski definition) is 3. The third kappa shape index (κ3) is 4.03. The Labute approximate surface area is 116 Å². The van der Waals surface area contributed by atoms with Gasteiger partial charge in [-0.3, -0.25) is 4.90 Å². The number of methoxy groups -OCH3 is 1. The Morgan fingerprint density at radius 1 is 1.32 bits per heavy atom. The third-order valence-electron chi connectivity index (χ3n) is 4.00. The number of benzene rings is 1. The highest BCUT2D eigenvalue weighted by Gasteiger charge is 2.21. The van der Waals surface area contributed by atoms with E-state index in [2.05, 4.69) is 29.2 Å². The highest BCUT2D eigenvalue weighted by Crippen LogP contribution is 2.21. The van der Waals surface area contributed by atoms with Gasteiger partial charge in [-0.25, -0.2) is 0 Å². The molecule has 0 amide bonds. The highest BCUT2D eigenvalue weighted by atomic mass is 16.5. The fraction of sp³-hybridized carbons (Fsp3) is 0.625. The van der Waals surface area contributed by atoms with Gasteiger partial charge < -0.3 is 10.5 Å². The summed E-state index contributed by atoms with van der Waals surface area (Å²) >= 11 is 0. The SMILES string of the molecule is COCC(CCCN)N1CCCc2ccccc2C1. The molecule has 1 aliphatic rings. The number of aryl methyl sites for hydroxylation is 1. The molecule has 1 unspecified atom stereocenters. The van der Waals surface area contributed by atoms with Gasteiger partial charge in [-0.05, 0) is 49.9 Å². The lowest BCUT2D eigenvalue weighted by molar-refractivity contribution is 0.0800. The Balaban J connectivity index is 2.06. The van der Waals surface area contributed by atoms with Gasteiger partial charge in [-0.1, -0.05) is 24.3 Å². The second-order valence-electron chi connectivity index (χ2n) is 5.38. The van der Waals surface area contributed by atoms with Crippen LogP contribution in [0.5, 0.6) is 0 Å². The molecule has 1 aromatic carbocycles. The van der Waals surface area contributed by atoms with Gasteiger partial charge in [0.05, 0.1) is 6.61 Å². The molecule has 1 aliphatic heterocycles. The van der Waals surface area contributed by atoms with E-state index in [9.17, 15) is 0 Å². The van der Waals surface area contributed by atoms with Crippen LogP contribution in [0.2, 0.25) is 0 Å². The molecule has 0 aliphatic carbocycles. The zero-order valence-corrected chi connectivity index (χ0v) is 12.0. The van der Waals surface area contributed by atoms with Gasteiger partial charge in [-0.2, -0.15) is 0 Å². The number of nitrogens with two attached hydrogens (primary N) is 1. The van der Waals surface area contributed by atoms with Crippen LogP contribution in [0, 0.1) is 0 Å². The summed E-state index contributed by atoms with van der Waals surface area (Å²) in [6.45, 7) is 3.79. The summed E-state index contributed by atoms with van der Waals surface area (Å²) in [5.41, 5.74) is 8.64. The third-order valence-corrected chi connectivity index (χ3v) is 4.00. The number of ether oxygens (including phenoxy) is 1. The molecule has 1 aromatic rings. The van der Waals surface area contributed by atoms with Crippen LogP contribution in [0.3, 0.4) is 0 Å². The summed E-state index contributed by atoms with van der Waals surface area (Å²) in [4.78, 5) is 2.57. The van der Waals surface area contributed by atoms with E-state index in [0.29, 0.717) is 6.04 Å². The van der Waals surface area contributed by atoms with Crippen molar-refractivity contribution in [2.45, 2.75) is 38.3 Å². The molecule has 0 fully saturated rings. The lowest BCUT2D eigenvalue weighted by Gasteiger charge is -2.30. The molecule has 0 saturated carbocycles. The second-order valence-corrected chi connectivity index (χ2v) is 5.38. The van der Waals surface area contributed by atoms with Gasteiger partial charge in [-0.15, -0.1) is 0 Å². The maximum Gasteiger partial charge on any atom is 0.0618 e. The molecule has 1 atom stereocenters. The van der Waals surface area contributed by atoms with Gasteiger partial charge in [0.1, 0.15) is 0 Å². The Morgan fingerprint density at radius 2 is 2.11 bits per heavy atom. The number of hydrogen-bond donors (Lipinski definition) is 1. The lowest BCUT2D eigenvalue weighted by atomic mass is 10.0. The Kier molecular flexibility index (Phi) is 5.83. The quantitative estimate of drug-likeness (QED) is 0.854. The first-order valence-corrected chi connectivity index (χ1v) is 7.35. The number of fused-ring (bicyclic) bond motifs is 1. The molecule has 3 heteroatoms. The van der Waals surface area contributed by atoms with Gasteiger partial charge in [0, 0.05) is 19.7 Å². The van der Waals surface area contributed by atoms with Crippen LogP contribution in [-0.4, -0.2) is 37.7 Å². The molecule has 0 radical (unpaired) electrons. The van der Waals surface area contributed by atoms with E-state index in [-0.39, 0.29) is 0 Å². The molecule has 0 bridgehead atoms. The fourth-order valence-corrected chi connectivity index (χ4v) is 2.95. The largest absolute Gasteiger partial charge is 0.383 e. The average molecular weight is 262 g/mol. The van der Waals surface area contributed by atoms with Crippen molar-refractivity contribution in [3.8, 4) is 0 Å². The highest BCUT2D eigenvalue weighted by molar-refractivity contribution is 5.28. The molecular weight excluding hydrogens is 236 g/mol. The zero-order chi connectivity index (χ0) is 13.5. The van der Waals surface area contributed by atoms with Crippen LogP contribution in [-0.2, 0) is 17.7 Å². The van der Waals surface area contributed by atoms with Crippen LogP contribution in [0.25, 0.3) is 0 Å². The predicted molar refractivity (Wildman–Crippen MR) is 79.1 cm³/mol. The Morgan fingerprint density at radius 3 is 2.84 bits per heavy atom. The molecule has 1 heterocycles. The molecule has 0 aromatic heterocycles. The topological polar surface area (TPSA) is 38.5 Å². The van der Waals surface area contributed by atoms with Crippen LogP contribution in [0.1, 0.15) is 30.4 Å². The van der Waals surface area contributed by atoms with Crippen LogP contribution < -0.4 is 5.73 Å². The van der Waals surface area contributed by atoms with Crippen molar-refractivity contribution in [1.82, 2.24) is 4.90 Å². The Hall–Kier alpha value is -0.900. The molecule has 3 nitrogen and oxygen atoms in total. The van der Waals surface area contributed by atoms with Gasteiger partial charge >= 0.3 is 0 Å². The van der Waals surface area contributed by atoms with E-state index in [1.54, 1.807) is 7.11 Å². The molecule has 106 valence electrons. The van der Waals surface area contributed by atoms with E-state index in [0.717, 1.165) is 39.1 Å². The molecular formula is C16H26N2O. The van der Waals surface area contributed by atoms with E-state index in [1.165, 1.54) is 24.0 Å². The van der Waals surface area contributed by atoms with Gasteiger partial charge in [0.15, 0.2) is 0 Å². The minimum atomic E-state index is 0.500.